The van der Waals surface area contributed by atoms with Gasteiger partial charge in [-0.2, -0.15) is 0 Å². The van der Waals surface area contributed by atoms with Crippen molar-refractivity contribution in [3.8, 4) is 0 Å². The van der Waals surface area contributed by atoms with Crippen LogP contribution in [-0.2, 0) is 6.54 Å². The topological polar surface area (TPSA) is 12.0 Å². The third kappa shape index (κ3) is 3.16. The van der Waals surface area contributed by atoms with E-state index in [2.05, 4.69) is 27.9 Å². The number of hydrogen-bond donors (Lipinski definition) is 1. The first-order valence-corrected chi connectivity index (χ1v) is 6.27. The van der Waals surface area contributed by atoms with E-state index >= 15 is 0 Å². The molecule has 94 valence electrons. The van der Waals surface area contributed by atoms with Crippen LogP contribution in [0.5, 0.6) is 0 Å². The molecule has 5 heteroatoms. The summed E-state index contributed by atoms with van der Waals surface area (Å²) in [6.45, 7) is 0.418. The van der Waals surface area contributed by atoms with E-state index in [9.17, 15) is 13.2 Å². The second-order valence-electron chi connectivity index (χ2n) is 3.73. The first-order valence-electron chi connectivity index (χ1n) is 5.19. The maximum absolute atomic E-state index is 13.0. The van der Waals surface area contributed by atoms with Crippen molar-refractivity contribution in [2.45, 2.75) is 6.54 Å². The Hall–Kier alpha value is -1.24. The molecule has 2 aromatic carbocycles. The van der Waals surface area contributed by atoms with Crippen molar-refractivity contribution in [3.05, 3.63) is 63.0 Å². The average Bonchev–Trinajstić information content (AvgIpc) is 2.35. The largest absolute Gasteiger partial charge is 0.381 e. The highest BCUT2D eigenvalue weighted by molar-refractivity contribution is 14.1. The van der Waals surface area contributed by atoms with E-state index < -0.39 is 17.5 Å². The fourth-order valence-corrected chi connectivity index (χ4v) is 1.82. The van der Waals surface area contributed by atoms with E-state index in [0.29, 0.717) is 6.54 Å². The van der Waals surface area contributed by atoms with Crippen LogP contribution in [0.25, 0.3) is 0 Å². The molecule has 0 radical (unpaired) electrons. The van der Waals surface area contributed by atoms with Gasteiger partial charge in [-0.1, -0.05) is 12.1 Å². The number of rotatable bonds is 3. The third-order valence-electron chi connectivity index (χ3n) is 2.39. The minimum absolute atomic E-state index is 0.213. The van der Waals surface area contributed by atoms with Crippen molar-refractivity contribution < 1.29 is 13.2 Å². The summed E-state index contributed by atoms with van der Waals surface area (Å²) in [5.74, 6) is -3.84. The second kappa shape index (κ2) is 5.60. The molecule has 0 aliphatic rings. The molecule has 1 N–H and O–H groups in total. The molecule has 0 aliphatic heterocycles. The highest BCUT2D eigenvalue weighted by Gasteiger charge is 2.10. The number of hydrogen-bond acceptors (Lipinski definition) is 1. The van der Waals surface area contributed by atoms with E-state index in [0.717, 1.165) is 21.3 Å². The van der Waals surface area contributed by atoms with Gasteiger partial charge in [-0.15, -0.1) is 0 Å². The van der Waals surface area contributed by atoms with Crippen molar-refractivity contribution in [2.75, 3.05) is 5.32 Å². The molecule has 0 amide bonds. The zero-order valence-electron chi connectivity index (χ0n) is 9.18. The summed E-state index contributed by atoms with van der Waals surface area (Å²) in [5, 5.41) is 2.84. The van der Waals surface area contributed by atoms with Crippen molar-refractivity contribution in [3.63, 3.8) is 0 Å². The van der Waals surface area contributed by atoms with Gasteiger partial charge in [0.2, 0.25) is 0 Å². The molecular formula is C13H9F3IN. The molecule has 0 saturated heterocycles. The molecule has 0 unspecified atom stereocenters. The number of nitrogens with one attached hydrogen (secondary N) is 1. The van der Waals surface area contributed by atoms with Crippen molar-refractivity contribution in [2.24, 2.45) is 0 Å². The fourth-order valence-electron chi connectivity index (χ4n) is 1.46. The van der Waals surface area contributed by atoms with Gasteiger partial charge in [0.15, 0.2) is 17.5 Å². The quantitative estimate of drug-likeness (QED) is 0.633. The van der Waals surface area contributed by atoms with Gasteiger partial charge in [-0.25, -0.2) is 13.2 Å². The highest BCUT2D eigenvalue weighted by atomic mass is 127. The fraction of sp³-hybridized carbons (Fsp3) is 0.0769. The normalized spacial score (nSPS) is 10.4. The maximum atomic E-state index is 13.0. The van der Waals surface area contributed by atoms with Crippen LogP contribution in [0.4, 0.5) is 18.9 Å². The van der Waals surface area contributed by atoms with Crippen LogP contribution in [0.1, 0.15) is 5.56 Å². The molecule has 0 bridgehead atoms. The van der Waals surface area contributed by atoms with Crippen LogP contribution in [0, 0.1) is 21.0 Å². The Morgan fingerprint density at radius 3 is 2.06 bits per heavy atom. The lowest BCUT2D eigenvalue weighted by atomic mass is 10.2. The van der Waals surface area contributed by atoms with Gasteiger partial charge in [0.05, 0.1) is 0 Å². The van der Waals surface area contributed by atoms with Gasteiger partial charge in [-0.3, -0.25) is 0 Å². The van der Waals surface area contributed by atoms with Crippen molar-refractivity contribution in [1.82, 2.24) is 0 Å². The van der Waals surface area contributed by atoms with Crippen molar-refractivity contribution in [1.29, 1.82) is 0 Å². The molecule has 0 saturated carbocycles. The summed E-state index contributed by atoms with van der Waals surface area (Å²) >= 11 is 2.19. The highest BCUT2D eigenvalue weighted by Crippen LogP contribution is 2.18. The summed E-state index contributed by atoms with van der Waals surface area (Å²) in [7, 11) is 0. The second-order valence-corrected chi connectivity index (χ2v) is 4.98. The van der Waals surface area contributed by atoms with E-state index in [1.165, 1.54) is 0 Å². The zero-order valence-corrected chi connectivity index (χ0v) is 11.3. The molecule has 0 fully saturated rings. The van der Waals surface area contributed by atoms with Gasteiger partial charge in [-0.05, 0) is 40.3 Å². The Labute approximate surface area is 116 Å². The number of benzene rings is 2. The van der Waals surface area contributed by atoms with E-state index in [1.54, 1.807) is 0 Å². The lowest BCUT2D eigenvalue weighted by molar-refractivity contribution is 0.447. The summed E-state index contributed by atoms with van der Waals surface area (Å²) in [4.78, 5) is 0. The third-order valence-corrected chi connectivity index (χ3v) is 3.11. The lowest BCUT2D eigenvalue weighted by Crippen LogP contribution is -2.01. The molecule has 0 aliphatic carbocycles. The number of halogens is 4. The molecule has 0 aromatic heterocycles. The Bertz CT molecular complexity index is 532. The van der Waals surface area contributed by atoms with E-state index in [-0.39, 0.29) is 5.69 Å². The van der Waals surface area contributed by atoms with Gasteiger partial charge in [0.25, 0.3) is 0 Å². The predicted octanol–water partition coefficient (Wildman–Crippen LogP) is 4.32. The van der Waals surface area contributed by atoms with Crippen LogP contribution in [0.15, 0.2) is 36.4 Å². The molecular weight excluding hydrogens is 354 g/mol. The summed E-state index contributed by atoms with van der Waals surface area (Å²) in [6.07, 6.45) is 0. The molecule has 0 atom stereocenters. The van der Waals surface area contributed by atoms with E-state index in [4.69, 9.17) is 0 Å². The lowest BCUT2D eigenvalue weighted by Gasteiger charge is -2.07. The van der Waals surface area contributed by atoms with Gasteiger partial charge < -0.3 is 5.32 Å². The predicted molar refractivity (Wildman–Crippen MR) is 72.8 cm³/mol. The SMILES string of the molecule is Fc1cc(NCc2ccc(I)cc2)cc(F)c1F. The van der Waals surface area contributed by atoms with Gasteiger partial charge in [0.1, 0.15) is 0 Å². The Kier molecular flexibility index (Phi) is 4.11. The summed E-state index contributed by atoms with van der Waals surface area (Å²) in [5.41, 5.74) is 1.19. The molecule has 0 heterocycles. The minimum atomic E-state index is -1.45. The molecule has 2 rings (SSSR count). The monoisotopic (exact) mass is 363 g/mol. The zero-order chi connectivity index (χ0) is 13.1. The summed E-state index contributed by atoms with van der Waals surface area (Å²) in [6, 6.07) is 9.55. The molecule has 2 aromatic rings. The standard InChI is InChI=1S/C13H9F3IN/c14-11-5-10(6-12(15)13(11)16)18-7-8-1-3-9(17)4-2-8/h1-6,18H,7H2. The molecule has 18 heavy (non-hydrogen) atoms. The Balaban J connectivity index is 2.08. The molecule has 1 nitrogen and oxygen atoms in total. The minimum Gasteiger partial charge on any atom is -0.381 e. The maximum Gasteiger partial charge on any atom is 0.194 e. The summed E-state index contributed by atoms with van der Waals surface area (Å²) < 4.78 is 39.8. The van der Waals surface area contributed by atoms with Crippen LogP contribution in [0.2, 0.25) is 0 Å². The smallest absolute Gasteiger partial charge is 0.194 e. The number of anilines is 1. The first-order chi connectivity index (χ1) is 8.56. The van der Waals surface area contributed by atoms with Crippen molar-refractivity contribution >= 4 is 28.3 Å². The van der Waals surface area contributed by atoms with Crippen LogP contribution < -0.4 is 5.32 Å². The Morgan fingerprint density at radius 1 is 0.944 bits per heavy atom. The van der Waals surface area contributed by atoms with E-state index in [1.807, 2.05) is 24.3 Å². The van der Waals surface area contributed by atoms with Crippen LogP contribution >= 0.6 is 22.6 Å². The Morgan fingerprint density at radius 2 is 1.50 bits per heavy atom. The average molecular weight is 363 g/mol. The van der Waals surface area contributed by atoms with Crippen LogP contribution in [-0.4, -0.2) is 0 Å². The molecule has 0 spiro atoms. The first kappa shape index (κ1) is 13.2. The van der Waals surface area contributed by atoms with Crippen LogP contribution in [0.3, 0.4) is 0 Å². The van der Waals surface area contributed by atoms with Gasteiger partial charge >= 0.3 is 0 Å². The van der Waals surface area contributed by atoms with Gasteiger partial charge in [0, 0.05) is 27.9 Å².